The van der Waals surface area contributed by atoms with Crippen molar-refractivity contribution >= 4 is 39.6 Å². The molecule has 4 aromatic rings. The molecule has 4 heterocycles. The van der Waals surface area contributed by atoms with E-state index in [0.29, 0.717) is 40.2 Å². The standard InChI is InChI=1S/C28H29N5O4S/c1-15(2)11-13-37-20-10-6-9-19(14-20)23-21(25(35)27(36)33(23)28-31-30-18(5)38-28)24(34)22-17(4)32-12-7-8-16(3)26(32)29-22/h6-10,12,14-15,23,34H,11,13H2,1-5H3. The van der Waals surface area contributed by atoms with E-state index < -0.39 is 17.7 Å². The number of aryl methyl sites for hydroxylation is 3. The highest BCUT2D eigenvalue weighted by Gasteiger charge is 2.48. The van der Waals surface area contributed by atoms with Gasteiger partial charge >= 0.3 is 5.91 Å². The largest absolute Gasteiger partial charge is 0.505 e. The van der Waals surface area contributed by atoms with Crippen molar-refractivity contribution in [3.8, 4) is 5.75 Å². The number of rotatable bonds is 7. The number of imidazole rings is 1. The van der Waals surface area contributed by atoms with Crippen LogP contribution in [0.15, 0.2) is 48.2 Å². The smallest absolute Gasteiger partial charge is 0.301 e. The number of fused-ring (bicyclic) bond motifs is 1. The second-order valence-corrected chi connectivity index (χ2v) is 11.0. The summed E-state index contributed by atoms with van der Waals surface area (Å²) < 4.78 is 7.81. The molecule has 1 amide bonds. The number of benzene rings is 1. The number of amides is 1. The van der Waals surface area contributed by atoms with Crippen molar-refractivity contribution < 1.29 is 19.4 Å². The third kappa shape index (κ3) is 4.45. The maximum atomic E-state index is 13.5. The summed E-state index contributed by atoms with van der Waals surface area (Å²) in [6.07, 6.45) is 2.73. The fourth-order valence-electron chi connectivity index (χ4n) is 4.59. The molecule has 196 valence electrons. The van der Waals surface area contributed by atoms with Gasteiger partial charge in [-0.2, -0.15) is 0 Å². The van der Waals surface area contributed by atoms with Gasteiger partial charge in [-0.3, -0.25) is 14.5 Å². The quantitative estimate of drug-likeness (QED) is 0.199. The van der Waals surface area contributed by atoms with E-state index in [0.717, 1.165) is 12.0 Å². The molecule has 1 aromatic carbocycles. The van der Waals surface area contributed by atoms with Gasteiger partial charge in [0.2, 0.25) is 5.13 Å². The second kappa shape index (κ2) is 10.0. The van der Waals surface area contributed by atoms with E-state index in [2.05, 4.69) is 29.0 Å². The van der Waals surface area contributed by atoms with Crippen molar-refractivity contribution in [1.82, 2.24) is 19.6 Å². The van der Waals surface area contributed by atoms with Gasteiger partial charge in [-0.25, -0.2) is 4.98 Å². The van der Waals surface area contributed by atoms with Gasteiger partial charge in [-0.05, 0) is 62.4 Å². The van der Waals surface area contributed by atoms with Gasteiger partial charge in [0.15, 0.2) is 5.76 Å². The van der Waals surface area contributed by atoms with Crippen LogP contribution in [0.3, 0.4) is 0 Å². The van der Waals surface area contributed by atoms with Crippen LogP contribution >= 0.6 is 11.3 Å². The maximum Gasteiger partial charge on any atom is 0.301 e. The Bertz CT molecular complexity index is 1590. The Balaban J connectivity index is 1.68. The number of hydrogen-bond donors (Lipinski definition) is 1. The monoisotopic (exact) mass is 531 g/mol. The molecule has 1 unspecified atom stereocenters. The number of carbonyl (C=O) groups excluding carboxylic acids is 2. The van der Waals surface area contributed by atoms with Crippen molar-refractivity contribution in [2.45, 2.75) is 47.1 Å². The Morgan fingerprint density at radius 3 is 2.61 bits per heavy atom. The van der Waals surface area contributed by atoms with Crippen LogP contribution in [0, 0.1) is 26.7 Å². The first-order valence-electron chi connectivity index (χ1n) is 12.5. The lowest BCUT2D eigenvalue weighted by atomic mass is 9.96. The van der Waals surface area contributed by atoms with Gasteiger partial charge in [0.1, 0.15) is 22.1 Å². The average Bonchev–Trinajstić information content (AvgIpc) is 3.54. The molecule has 10 heteroatoms. The highest BCUT2D eigenvalue weighted by molar-refractivity contribution is 7.15. The minimum atomic E-state index is -0.929. The van der Waals surface area contributed by atoms with Gasteiger partial charge in [-0.1, -0.05) is 43.4 Å². The van der Waals surface area contributed by atoms with Crippen LogP contribution in [0.2, 0.25) is 0 Å². The Kier molecular flexibility index (Phi) is 6.75. The normalized spacial score (nSPS) is 17.2. The van der Waals surface area contributed by atoms with E-state index in [4.69, 9.17) is 4.74 Å². The number of anilines is 1. The molecule has 1 aliphatic heterocycles. The van der Waals surface area contributed by atoms with E-state index in [-0.39, 0.29) is 22.2 Å². The Morgan fingerprint density at radius 1 is 1.13 bits per heavy atom. The van der Waals surface area contributed by atoms with Crippen molar-refractivity contribution in [2.75, 3.05) is 11.5 Å². The lowest BCUT2D eigenvalue weighted by molar-refractivity contribution is -0.132. The van der Waals surface area contributed by atoms with Crippen LogP contribution in [-0.2, 0) is 9.59 Å². The number of nitrogens with zero attached hydrogens (tertiary/aromatic N) is 5. The molecule has 0 radical (unpaired) electrons. The fourth-order valence-corrected chi connectivity index (χ4v) is 5.30. The summed E-state index contributed by atoms with van der Waals surface area (Å²) in [5.74, 6) is -0.815. The molecule has 0 saturated carbocycles. The highest BCUT2D eigenvalue weighted by Crippen LogP contribution is 2.43. The number of aliphatic hydroxyl groups excluding tert-OH is 1. The molecular formula is C28H29N5O4S. The lowest BCUT2D eigenvalue weighted by Gasteiger charge is -2.23. The predicted molar refractivity (Wildman–Crippen MR) is 145 cm³/mol. The zero-order chi connectivity index (χ0) is 27.1. The van der Waals surface area contributed by atoms with Crippen LogP contribution in [0.1, 0.15) is 53.8 Å². The lowest BCUT2D eigenvalue weighted by Crippen LogP contribution is -2.29. The summed E-state index contributed by atoms with van der Waals surface area (Å²) in [4.78, 5) is 32.9. The number of aliphatic hydroxyl groups is 1. The summed E-state index contributed by atoms with van der Waals surface area (Å²) in [6.45, 7) is 10.3. The zero-order valence-electron chi connectivity index (χ0n) is 21.9. The number of carbonyl (C=O) groups is 2. The highest BCUT2D eigenvalue weighted by atomic mass is 32.1. The van der Waals surface area contributed by atoms with Gasteiger partial charge in [-0.15, -0.1) is 10.2 Å². The van der Waals surface area contributed by atoms with E-state index in [1.54, 1.807) is 19.1 Å². The van der Waals surface area contributed by atoms with E-state index in [9.17, 15) is 14.7 Å². The Hall–Kier alpha value is -4.05. The zero-order valence-corrected chi connectivity index (χ0v) is 22.7. The number of aromatic nitrogens is 4. The molecule has 9 nitrogen and oxygen atoms in total. The number of ether oxygens (including phenoxy) is 1. The van der Waals surface area contributed by atoms with Gasteiger partial charge in [0.05, 0.1) is 23.9 Å². The summed E-state index contributed by atoms with van der Waals surface area (Å²) in [5, 5.41) is 20.7. The van der Waals surface area contributed by atoms with E-state index in [1.807, 2.05) is 48.7 Å². The maximum absolute atomic E-state index is 13.5. The van der Waals surface area contributed by atoms with Crippen LogP contribution < -0.4 is 9.64 Å². The Labute approximate surface area is 224 Å². The molecule has 1 saturated heterocycles. The molecule has 0 bridgehead atoms. The van der Waals surface area contributed by atoms with E-state index in [1.165, 1.54) is 16.2 Å². The van der Waals surface area contributed by atoms with E-state index >= 15 is 0 Å². The Morgan fingerprint density at radius 2 is 1.92 bits per heavy atom. The first-order valence-corrected chi connectivity index (χ1v) is 13.3. The molecule has 1 fully saturated rings. The van der Waals surface area contributed by atoms with Crippen LogP contribution in [0.5, 0.6) is 5.75 Å². The first kappa shape index (κ1) is 25.6. The minimum Gasteiger partial charge on any atom is -0.505 e. The number of pyridine rings is 1. The molecule has 5 rings (SSSR count). The summed E-state index contributed by atoms with van der Waals surface area (Å²) in [7, 11) is 0. The van der Waals surface area contributed by atoms with Crippen LogP contribution in [-0.4, -0.2) is 43.0 Å². The fraction of sp³-hybridized carbons (Fsp3) is 0.321. The molecule has 1 N–H and O–H groups in total. The SMILES string of the molecule is Cc1nnc(N2C(=O)C(=O)C(=C(O)c3nc4c(C)cccn4c3C)C2c2cccc(OCCC(C)C)c2)s1. The molecular weight excluding hydrogens is 502 g/mol. The molecule has 3 aromatic heterocycles. The molecule has 38 heavy (non-hydrogen) atoms. The molecule has 0 spiro atoms. The van der Waals surface area contributed by atoms with Crippen LogP contribution in [0.25, 0.3) is 11.4 Å². The number of ketones is 1. The van der Waals surface area contributed by atoms with Crippen molar-refractivity contribution in [3.05, 3.63) is 75.7 Å². The van der Waals surface area contributed by atoms with Crippen LogP contribution in [0.4, 0.5) is 5.13 Å². The van der Waals surface area contributed by atoms with Gasteiger partial charge < -0.3 is 14.2 Å². The molecule has 1 aliphatic rings. The topological polar surface area (TPSA) is 110 Å². The van der Waals surface area contributed by atoms with Crippen molar-refractivity contribution in [2.24, 2.45) is 5.92 Å². The van der Waals surface area contributed by atoms with Gasteiger partial charge in [0, 0.05) is 6.20 Å². The number of Topliss-reactive ketones (excluding diaryl/α,β-unsaturated/α-hetero) is 1. The average molecular weight is 532 g/mol. The minimum absolute atomic E-state index is 0.0497. The summed E-state index contributed by atoms with van der Waals surface area (Å²) in [6, 6.07) is 10.1. The predicted octanol–water partition coefficient (Wildman–Crippen LogP) is 5.16. The second-order valence-electron chi connectivity index (χ2n) is 9.81. The van der Waals surface area contributed by atoms with Crippen molar-refractivity contribution in [1.29, 1.82) is 0 Å². The summed E-state index contributed by atoms with van der Waals surface area (Å²) >= 11 is 1.20. The molecule has 0 aliphatic carbocycles. The third-order valence-corrected chi connectivity index (χ3v) is 7.45. The summed E-state index contributed by atoms with van der Waals surface area (Å²) in [5.41, 5.74) is 3.05. The van der Waals surface area contributed by atoms with Crippen molar-refractivity contribution in [3.63, 3.8) is 0 Å². The first-order chi connectivity index (χ1) is 18.2. The third-order valence-electron chi connectivity index (χ3n) is 6.61. The number of hydrogen-bond acceptors (Lipinski definition) is 8. The molecule has 1 atom stereocenters. The van der Waals surface area contributed by atoms with Gasteiger partial charge in [0.25, 0.3) is 5.78 Å².